The quantitative estimate of drug-likeness (QED) is 0.452. The van der Waals surface area contributed by atoms with E-state index < -0.39 is 0 Å². The zero-order valence-corrected chi connectivity index (χ0v) is 17.4. The number of methoxy groups -OCH3 is 1. The average molecular weight is 428 g/mol. The Hall–Kier alpha value is -2.73. The highest BCUT2D eigenvalue weighted by atomic mass is 35.5. The van der Waals surface area contributed by atoms with Crippen LogP contribution in [0.15, 0.2) is 48.7 Å². The van der Waals surface area contributed by atoms with Gasteiger partial charge in [-0.25, -0.2) is 0 Å². The number of fused-ring (bicyclic) bond motifs is 1. The summed E-state index contributed by atoms with van der Waals surface area (Å²) in [6, 6.07) is 12.7. The summed E-state index contributed by atoms with van der Waals surface area (Å²) < 4.78 is 7.11. The molecule has 0 fully saturated rings. The fourth-order valence-electron chi connectivity index (χ4n) is 3.64. The van der Waals surface area contributed by atoms with Crippen LogP contribution in [-0.2, 0) is 6.54 Å². The molecule has 148 valence electrons. The lowest BCUT2D eigenvalue weighted by atomic mass is 9.95. The first kappa shape index (κ1) is 19.6. The summed E-state index contributed by atoms with van der Waals surface area (Å²) in [5, 5.41) is 12.8. The molecule has 29 heavy (non-hydrogen) atoms. The molecule has 0 radical (unpaired) electrons. The molecule has 3 N–H and O–H groups in total. The van der Waals surface area contributed by atoms with Gasteiger partial charge in [-0.05, 0) is 36.8 Å². The van der Waals surface area contributed by atoms with Crippen LogP contribution in [0.2, 0.25) is 10.0 Å². The molecule has 0 spiro atoms. The summed E-state index contributed by atoms with van der Waals surface area (Å²) >= 11 is 12.6. The first-order valence-corrected chi connectivity index (χ1v) is 9.74. The van der Waals surface area contributed by atoms with Crippen molar-refractivity contribution in [3.63, 3.8) is 0 Å². The molecule has 0 bridgehead atoms. The molecule has 4 aromatic rings. The largest absolute Gasteiger partial charge is 0.495 e. The van der Waals surface area contributed by atoms with Crippen molar-refractivity contribution in [1.82, 2.24) is 9.55 Å². The van der Waals surface area contributed by atoms with Crippen molar-refractivity contribution in [3.05, 3.63) is 70.0 Å². The molecular formula is C22H19Cl2N3O2. The number of nitrogens with zero attached hydrogens (tertiary/aromatic N) is 2. The van der Waals surface area contributed by atoms with Gasteiger partial charge in [-0.2, -0.15) is 0 Å². The smallest absolute Gasteiger partial charge is 0.206 e. The summed E-state index contributed by atoms with van der Waals surface area (Å²) in [7, 11) is 1.59. The van der Waals surface area contributed by atoms with E-state index >= 15 is 0 Å². The summed E-state index contributed by atoms with van der Waals surface area (Å²) in [6.45, 7) is 2.15. The zero-order chi connectivity index (χ0) is 20.7. The Labute approximate surface area is 178 Å². The summed E-state index contributed by atoms with van der Waals surface area (Å²) in [4.78, 5) is 4.67. The maximum atomic E-state index is 11.2. The number of ether oxygens (including phenoxy) is 1. The van der Waals surface area contributed by atoms with Crippen molar-refractivity contribution in [3.8, 4) is 28.4 Å². The first-order valence-electron chi connectivity index (χ1n) is 8.98. The SMILES string of the molecule is COc1ccccc1-n1cc2nc(C)c(CN)c(-c3ccc(Cl)cc3Cl)c2c1O. The predicted octanol–water partition coefficient (Wildman–Crippen LogP) is 5.48. The minimum Gasteiger partial charge on any atom is -0.495 e. The number of aromatic hydroxyl groups is 1. The molecule has 7 heteroatoms. The minimum absolute atomic E-state index is 0.0349. The molecular weight excluding hydrogens is 409 g/mol. The van der Waals surface area contributed by atoms with E-state index in [2.05, 4.69) is 4.98 Å². The van der Waals surface area contributed by atoms with E-state index in [-0.39, 0.29) is 12.4 Å². The van der Waals surface area contributed by atoms with Crippen LogP contribution in [0.4, 0.5) is 0 Å². The van der Waals surface area contributed by atoms with Gasteiger partial charge < -0.3 is 15.6 Å². The number of halogens is 2. The number of pyridine rings is 1. The zero-order valence-electron chi connectivity index (χ0n) is 15.9. The average Bonchev–Trinajstić information content (AvgIpc) is 3.03. The fraction of sp³-hybridized carbons (Fsp3) is 0.136. The number of para-hydroxylation sites is 2. The molecule has 0 saturated carbocycles. The number of rotatable bonds is 4. The van der Waals surface area contributed by atoms with Crippen LogP contribution in [0.5, 0.6) is 11.6 Å². The number of benzene rings is 2. The van der Waals surface area contributed by atoms with Gasteiger partial charge in [0.2, 0.25) is 5.88 Å². The molecule has 2 heterocycles. The molecule has 0 saturated heterocycles. The lowest BCUT2D eigenvalue weighted by Crippen LogP contribution is -2.04. The van der Waals surface area contributed by atoms with Crippen molar-refractivity contribution in [1.29, 1.82) is 0 Å². The normalized spacial score (nSPS) is 11.2. The Morgan fingerprint density at radius 2 is 1.93 bits per heavy atom. The highest BCUT2D eigenvalue weighted by Gasteiger charge is 2.23. The second kappa shape index (κ2) is 7.59. The van der Waals surface area contributed by atoms with Crippen LogP contribution in [0.1, 0.15) is 11.3 Å². The number of aryl methyl sites for hydroxylation is 1. The molecule has 0 amide bonds. The Balaban J connectivity index is 2.11. The number of hydrogen-bond acceptors (Lipinski definition) is 4. The second-order valence-electron chi connectivity index (χ2n) is 6.63. The fourth-order valence-corrected chi connectivity index (χ4v) is 4.14. The second-order valence-corrected chi connectivity index (χ2v) is 7.48. The van der Waals surface area contributed by atoms with Gasteiger partial charge in [0.25, 0.3) is 0 Å². The van der Waals surface area contributed by atoms with Crippen LogP contribution in [0.25, 0.3) is 27.7 Å². The van der Waals surface area contributed by atoms with Crippen molar-refractivity contribution >= 4 is 34.1 Å². The summed E-state index contributed by atoms with van der Waals surface area (Å²) in [5.41, 5.74) is 10.5. The van der Waals surface area contributed by atoms with E-state index in [1.807, 2.05) is 37.3 Å². The highest BCUT2D eigenvalue weighted by molar-refractivity contribution is 6.36. The third kappa shape index (κ3) is 3.21. The van der Waals surface area contributed by atoms with Crippen molar-refractivity contribution in [2.24, 2.45) is 5.73 Å². The van der Waals surface area contributed by atoms with Gasteiger partial charge >= 0.3 is 0 Å². The summed E-state index contributed by atoms with van der Waals surface area (Å²) in [6.07, 6.45) is 1.78. The molecule has 0 aliphatic carbocycles. The van der Waals surface area contributed by atoms with Crippen LogP contribution in [0.3, 0.4) is 0 Å². The topological polar surface area (TPSA) is 73.3 Å². The van der Waals surface area contributed by atoms with Gasteiger partial charge in [0.15, 0.2) is 0 Å². The van der Waals surface area contributed by atoms with E-state index in [0.29, 0.717) is 32.4 Å². The van der Waals surface area contributed by atoms with Gasteiger partial charge in [-0.3, -0.25) is 9.55 Å². The molecule has 0 atom stereocenters. The Kier molecular flexibility index (Phi) is 5.13. The molecule has 0 aliphatic rings. The Bertz CT molecular complexity index is 1230. The number of hydrogen-bond donors (Lipinski definition) is 2. The van der Waals surface area contributed by atoms with E-state index in [4.69, 9.17) is 33.7 Å². The van der Waals surface area contributed by atoms with Crippen LogP contribution in [-0.4, -0.2) is 21.8 Å². The van der Waals surface area contributed by atoms with Gasteiger partial charge in [0.05, 0.1) is 23.7 Å². The van der Waals surface area contributed by atoms with Crippen LogP contribution < -0.4 is 10.5 Å². The van der Waals surface area contributed by atoms with Crippen molar-refractivity contribution < 1.29 is 9.84 Å². The van der Waals surface area contributed by atoms with Crippen molar-refractivity contribution in [2.45, 2.75) is 13.5 Å². The van der Waals surface area contributed by atoms with Gasteiger partial charge in [-0.15, -0.1) is 0 Å². The number of aromatic nitrogens is 2. The van der Waals surface area contributed by atoms with E-state index in [9.17, 15) is 5.11 Å². The monoisotopic (exact) mass is 427 g/mol. The maximum absolute atomic E-state index is 11.2. The Morgan fingerprint density at radius 3 is 2.62 bits per heavy atom. The predicted molar refractivity (Wildman–Crippen MR) is 117 cm³/mol. The van der Waals surface area contributed by atoms with Crippen LogP contribution >= 0.6 is 23.2 Å². The maximum Gasteiger partial charge on any atom is 0.206 e. The molecule has 2 aromatic heterocycles. The first-order chi connectivity index (χ1) is 14.0. The summed E-state index contributed by atoms with van der Waals surface area (Å²) in [5.74, 6) is 0.665. The van der Waals surface area contributed by atoms with Crippen molar-refractivity contribution in [2.75, 3.05) is 7.11 Å². The van der Waals surface area contributed by atoms with Gasteiger partial charge in [-0.1, -0.05) is 41.4 Å². The lowest BCUT2D eigenvalue weighted by Gasteiger charge is -2.15. The molecule has 0 aliphatic heterocycles. The Morgan fingerprint density at radius 1 is 1.17 bits per heavy atom. The molecule has 2 aromatic carbocycles. The van der Waals surface area contributed by atoms with Gasteiger partial charge in [0.1, 0.15) is 5.75 Å². The van der Waals surface area contributed by atoms with E-state index in [0.717, 1.165) is 22.4 Å². The molecule has 0 unspecified atom stereocenters. The van der Waals surface area contributed by atoms with E-state index in [1.54, 1.807) is 30.0 Å². The lowest BCUT2D eigenvalue weighted by molar-refractivity contribution is 0.407. The standard InChI is InChI=1S/C22H19Cl2N3O2/c1-12-15(10-25)20(14-8-7-13(23)9-16(14)24)21-17(26-12)11-27(22(21)28)18-5-3-4-6-19(18)29-2/h3-9,11,28H,10,25H2,1-2H3. The third-order valence-electron chi connectivity index (χ3n) is 4.99. The van der Waals surface area contributed by atoms with Gasteiger partial charge in [0, 0.05) is 39.6 Å². The minimum atomic E-state index is 0.0349. The third-order valence-corrected chi connectivity index (χ3v) is 5.53. The highest BCUT2D eigenvalue weighted by Crippen LogP contribution is 2.43. The molecule has 5 nitrogen and oxygen atoms in total. The molecule has 4 rings (SSSR count). The van der Waals surface area contributed by atoms with Crippen LogP contribution in [0, 0.1) is 6.92 Å². The number of nitrogens with two attached hydrogens (primary N) is 1. The van der Waals surface area contributed by atoms with E-state index in [1.165, 1.54) is 0 Å².